The minimum atomic E-state index is 0.803. The molecule has 0 N–H and O–H groups in total. The molecule has 0 saturated heterocycles. The zero-order valence-corrected chi connectivity index (χ0v) is 6.88. The Labute approximate surface area is 68.2 Å². The molecule has 58 valence electrons. The average Bonchev–Trinajstić information content (AvgIpc) is 2.03. The van der Waals surface area contributed by atoms with Crippen molar-refractivity contribution in [1.82, 2.24) is 0 Å². The number of hydrogen-bond acceptors (Lipinski definition) is 1. The van der Waals surface area contributed by atoms with Gasteiger partial charge in [-0.1, -0.05) is 25.8 Å². The second-order valence-corrected chi connectivity index (χ2v) is 1.99. The molecule has 0 aromatic heterocycles. The van der Waals surface area contributed by atoms with Gasteiger partial charge in [0.1, 0.15) is 0 Å². The molecule has 0 aliphatic carbocycles. The van der Waals surface area contributed by atoms with Crippen LogP contribution in [-0.2, 0) is 0 Å². The summed E-state index contributed by atoms with van der Waals surface area (Å²) < 4.78 is 0. The standard InChI is InChI=1S/C10H13N/c1-5-8-10(7-3)11-9(4)6-2/h5-8H,1-3H2,4H3/b10-8-,11-9+. The summed E-state index contributed by atoms with van der Waals surface area (Å²) in [5.74, 6) is 0. The molecule has 1 nitrogen and oxygen atoms in total. The maximum Gasteiger partial charge on any atom is 0.0626 e. The lowest BCUT2D eigenvalue weighted by molar-refractivity contribution is 1.40. The Bertz CT molecular complexity index is 219. The number of nitrogens with zero attached hydrogens (tertiary/aromatic N) is 1. The van der Waals surface area contributed by atoms with Crippen molar-refractivity contribution in [2.75, 3.05) is 0 Å². The van der Waals surface area contributed by atoms with Crippen molar-refractivity contribution in [1.29, 1.82) is 0 Å². The molecule has 0 aromatic carbocycles. The Hall–Kier alpha value is -1.37. The molecule has 0 heterocycles. The lowest BCUT2D eigenvalue weighted by Crippen LogP contribution is -1.83. The van der Waals surface area contributed by atoms with Crippen LogP contribution in [0.1, 0.15) is 6.92 Å². The Kier molecular flexibility index (Phi) is 4.74. The normalized spacial score (nSPS) is 12.5. The highest BCUT2D eigenvalue weighted by Gasteiger charge is 1.84. The van der Waals surface area contributed by atoms with Gasteiger partial charge in [-0.25, -0.2) is 0 Å². The quantitative estimate of drug-likeness (QED) is 0.428. The van der Waals surface area contributed by atoms with E-state index in [0.29, 0.717) is 0 Å². The van der Waals surface area contributed by atoms with E-state index in [-0.39, 0.29) is 0 Å². The summed E-state index contributed by atoms with van der Waals surface area (Å²) in [6.45, 7) is 12.6. The molecule has 0 aliphatic rings. The van der Waals surface area contributed by atoms with Crippen molar-refractivity contribution in [3.8, 4) is 0 Å². The van der Waals surface area contributed by atoms with Crippen LogP contribution in [0.5, 0.6) is 0 Å². The van der Waals surface area contributed by atoms with Gasteiger partial charge < -0.3 is 0 Å². The van der Waals surface area contributed by atoms with Crippen LogP contribution in [0.4, 0.5) is 0 Å². The van der Waals surface area contributed by atoms with Crippen LogP contribution in [0.25, 0.3) is 0 Å². The fourth-order valence-corrected chi connectivity index (χ4v) is 0.521. The highest BCUT2D eigenvalue weighted by Crippen LogP contribution is 1.98. The summed E-state index contributed by atoms with van der Waals surface area (Å²) >= 11 is 0. The van der Waals surface area contributed by atoms with E-state index in [0.717, 1.165) is 11.4 Å². The van der Waals surface area contributed by atoms with E-state index >= 15 is 0 Å². The molecule has 0 saturated carbocycles. The summed E-state index contributed by atoms with van der Waals surface area (Å²) in [5, 5.41) is 0. The number of hydrogen-bond donors (Lipinski definition) is 0. The summed E-state index contributed by atoms with van der Waals surface area (Å²) in [6.07, 6.45) is 6.84. The largest absolute Gasteiger partial charge is 0.254 e. The Morgan fingerprint density at radius 1 is 1.18 bits per heavy atom. The molecule has 0 radical (unpaired) electrons. The van der Waals surface area contributed by atoms with Gasteiger partial charge in [0.05, 0.1) is 5.70 Å². The first-order valence-electron chi connectivity index (χ1n) is 3.37. The second-order valence-electron chi connectivity index (χ2n) is 1.99. The third kappa shape index (κ3) is 4.09. The molecule has 0 spiro atoms. The van der Waals surface area contributed by atoms with E-state index in [9.17, 15) is 0 Å². The smallest absolute Gasteiger partial charge is 0.0626 e. The molecule has 11 heavy (non-hydrogen) atoms. The van der Waals surface area contributed by atoms with Crippen LogP contribution < -0.4 is 0 Å². The van der Waals surface area contributed by atoms with Crippen molar-refractivity contribution < 1.29 is 0 Å². The first-order chi connectivity index (χ1) is 5.24. The Morgan fingerprint density at radius 2 is 1.82 bits per heavy atom. The summed E-state index contributed by atoms with van der Waals surface area (Å²) in [5.41, 5.74) is 1.68. The third-order valence-electron chi connectivity index (χ3n) is 1.10. The minimum absolute atomic E-state index is 0.803. The lowest BCUT2D eigenvalue weighted by Gasteiger charge is -1.92. The summed E-state index contributed by atoms with van der Waals surface area (Å²) in [7, 11) is 0. The molecule has 0 unspecified atom stereocenters. The fourth-order valence-electron chi connectivity index (χ4n) is 0.521. The molecule has 1 heteroatoms. The fraction of sp³-hybridized carbons (Fsp3) is 0.100. The first kappa shape index (κ1) is 9.63. The van der Waals surface area contributed by atoms with Crippen LogP contribution in [0.2, 0.25) is 0 Å². The van der Waals surface area contributed by atoms with E-state index in [1.807, 2.05) is 6.92 Å². The number of aliphatic imine (C=N–C) groups is 1. The number of rotatable bonds is 4. The van der Waals surface area contributed by atoms with Crippen LogP contribution in [0, 0.1) is 0 Å². The van der Waals surface area contributed by atoms with Gasteiger partial charge in [0.2, 0.25) is 0 Å². The van der Waals surface area contributed by atoms with Crippen molar-refractivity contribution >= 4 is 5.71 Å². The van der Waals surface area contributed by atoms with Gasteiger partial charge in [0, 0.05) is 5.71 Å². The van der Waals surface area contributed by atoms with E-state index in [1.54, 1.807) is 24.3 Å². The zero-order chi connectivity index (χ0) is 8.69. The Balaban J connectivity index is 4.53. The van der Waals surface area contributed by atoms with Gasteiger partial charge >= 0.3 is 0 Å². The SMILES string of the molecule is C=C/C=C(C=C)\N=C(/C)C=C. The van der Waals surface area contributed by atoms with Crippen LogP contribution >= 0.6 is 0 Å². The molecular weight excluding hydrogens is 134 g/mol. The molecule has 0 amide bonds. The predicted octanol–water partition coefficient (Wildman–Crippen LogP) is 2.89. The first-order valence-corrected chi connectivity index (χ1v) is 3.37. The van der Waals surface area contributed by atoms with Gasteiger partial charge in [-0.15, -0.1) is 0 Å². The van der Waals surface area contributed by atoms with Crippen molar-refractivity contribution in [2.24, 2.45) is 4.99 Å². The van der Waals surface area contributed by atoms with Gasteiger partial charge in [0.15, 0.2) is 0 Å². The molecule has 0 rings (SSSR count). The molecule has 0 aliphatic heterocycles. The average molecular weight is 147 g/mol. The number of allylic oxidation sites excluding steroid dienone is 4. The topological polar surface area (TPSA) is 12.4 Å². The highest BCUT2D eigenvalue weighted by atomic mass is 14.7. The van der Waals surface area contributed by atoms with Crippen molar-refractivity contribution in [3.63, 3.8) is 0 Å². The van der Waals surface area contributed by atoms with Gasteiger partial charge in [-0.2, -0.15) is 0 Å². The summed E-state index contributed by atoms with van der Waals surface area (Å²) in [4.78, 5) is 4.17. The van der Waals surface area contributed by atoms with Gasteiger partial charge in [-0.05, 0) is 25.2 Å². The predicted molar refractivity (Wildman–Crippen MR) is 51.8 cm³/mol. The van der Waals surface area contributed by atoms with Crippen molar-refractivity contribution in [2.45, 2.75) is 6.92 Å². The van der Waals surface area contributed by atoms with E-state index in [2.05, 4.69) is 24.7 Å². The molecular formula is C10H13N. The van der Waals surface area contributed by atoms with Gasteiger partial charge in [0.25, 0.3) is 0 Å². The van der Waals surface area contributed by atoms with Crippen LogP contribution in [0.15, 0.2) is 54.7 Å². The maximum absolute atomic E-state index is 4.17. The molecule has 0 fully saturated rings. The maximum atomic E-state index is 4.17. The minimum Gasteiger partial charge on any atom is -0.254 e. The van der Waals surface area contributed by atoms with E-state index in [4.69, 9.17) is 0 Å². The van der Waals surface area contributed by atoms with Gasteiger partial charge in [-0.3, -0.25) is 4.99 Å². The highest BCUT2D eigenvalue weighted by molar-refractivity contribution is 5.93. The van der Waals surface area contributed by atoms with E-state index in [1.165, 1.54) is 0 Å². The molecule has 0 aromatic rings. The monoisotopic (exact) mass is 147 g/mol. The van der Waals surface area contributed by atoms with E-state index < -0.39 is 0 Å². The third-order valence-corrected chi connectivity index (χ3v) is 1.10. The zero-order valence-electron chi connectivity index (χ0n) is 6.88. The van der Waals surface area contributed by atoms with Crippen molar-refractivity contribution in [3.05, 3.63) is 49.7 Å². The molecule has 0 bridgehead atoms. The Morgan fingerprint density at radius 3 is 2.18 bits per heavy atom. The lowest BCUT2D eigenvalue weighted by atomic mass is 10.3. The summed E-state index contributed by atoms with van der Waals surface area (Å²) in [6, 6.07) is 0. The molecule has 0 atom stereocenters. The van der Waals surface area contributed by atoms with Crippen LogP contribution in [-0.4, -0.2) is 5.71 Å². The van der Waals surface area contributed by atoms with Crippen LogP contribution in [0.3, 0.4) is 0 Å². The second kappa shape index (κ2) is 5.42.